The van der Waals surface area contributed by atoms with Crippen molar-refractivity contribution in [3.8, 4) is 0 Å². The fourth-order valence-electron chi connectivity index (χ4n) is 2.34. The molecule has 9 heteroatoms. The molecule has 0 radical (unpaired) electrons. The number of hydrogen-bond acceptors (Lipinski definition) is 3. The van der Waals surface area contributed by atoms with E-state index in [2.05, 4.69) is 27.5 Å². The van der Waals surface area contributed by atoms with Crippen LogP contribution in [0.5, 0.6) is 0 Å². The van der Waals surface area contributed by atoms with E-state index in [1.165, 1.54) is 4.88 Å². The fraction of sp³-hybridized carbons (Fsp3) is 0.500. The molecule has 5 nitrogen and oxygen atoms in total. The van der Waals surface area contributed by atoms with Gasteiger partial charge in [-0.25, -0.2) is 9.98 Å². The lowest BCUT2D eigenvalue weighted by Gasteiger charge is -2.11. The Morgan fingerprint density at radius 3 is 2.56 bits per heavy atom. The molecule has 140 valence electrons. The van der Waals surface area contributed by atoms with Gasteiger partial charge in [-0.15, -0.1) is 35.3 Å². The van der Waals surface area contributed by atoms with Gasteiger partial charge in [0.1, 0.15) is 5.15 Å². The summed E-state index contributed by atoms with van der Waals surface area (Å²) < 4.78 is 1.85. The summed E-state index contributed by atoms with van der Waals surface area (Å²) in [6.07, 6.45) is 0.934. The molecule has 0 saturated carbocycles. The largest absolute Gasteiger partial charge is 0.357 e. The van der Waals surface area contributed by atoms with Crippen LogP contribution in [0.3, 0.4) is 0 Å². The van der Waals surface area contributed by atoms with E-state index < -0.39 is 0 Å². The van der Waals surface area contributed by atoms with Crippen molar-refractivity contribution in [1.29, 1.82) is 0 Å². The normalized spacial score (nSPS) is 11.4. The van der Waals surface area contributed by atoms with Crippen LogP contribution in [-0.4, -0.2) is 28.6 Å². The second-order valence-electron chi connectivity index (χ2n) is 5.45. The molecule has 0 spiro atoms. The van der Waals surface area contributed by atoms with Gasteiger partial charge in [-0.3, -0.25) is 0 Å². The van der Waals surface area contributed by atoms with Crippen molar-refractivity contribution in [1.82, 2.24) is 20.2 Å². The molecule has 0 unspecified atom stereocenters. The predicted octanol–water partition coefficient (Wildman–Crippen LogP) is 4.32. The van der Waals surface area contributed by atoms with Crippen molar-refractivity contribution in [2.75, 3.05) is 13.1 Å². The van der Waals surface area contributed by atoms with Gasteiger partial charge in [0.25, 0.3) is 0 Å². The summed E-state index contributed by atoms with van der Waals surface area (Å²) in [5.41, 5.74) is 2.09. The summed E-state index contributed by atoms with van der Waals surface area (Å²) >= 11 is 13.9. The van der Waals surface area contributed by atoms with Gasteiger partial charge in [0.2, 0.25) is 0 Å². The van der Waals surface area contributed by atoms with Gasteiger partial charge in [-0.05, 0) is 26.8 Å². The zero-order chi connectivity index (χ0) is 17.7. The topological polar surface area (TPSA) is 54.2 Å². The van der Waals surface area contributed by atoms with E-state index in [1.807, 2.05) is 31.5 Å². The van der Waals surface area contributed by atoms with E-state index in [4.69, 9.17) is 23.2 Å². The minimum atomic E-state index is 0. The molecular weight excluding hydrogens is 492 g/mol. The third-order valence-electron chi connectivity index (χ3n) is 3.60. The summed E-state index contributed by atoms with van der Waals surface area (Å²) in [7, 11) is 1.88. The first kappa shape index (κ1) is 22.5. The third kappa shape index (κ3) is 6.30. The van der Waals surface area contributed by atoms with Gasteiger partial charge in [0.05, 0.1) is 22.3 Å². The molecule has 2 heterocycles. The Kier molecular flexibility index (Phi) is 9.55. The number of aliphatic imine (C=N–C) groups is 1. The number of guanidine groups is 1. The molecule has 0 aliphatic rings. The van der Waals surface area contributed by atoms with Crippen molar-refractivity contribution in [2.24, 2.45) is 12.0 Å². The zero-order valence-electron chi connectivity index (χ0n) is 14.8. The van der Waals surface area contributed by atoms with Gasteiger partial charge in [0.15, 0.2) is 5.96 Å². The summed E-state index contributed by atoms with van der Waals surface area (Å²) in [4.78, 5) is 10.4. The highest BCUT2D eigenvalue weighted by Gasteiger charge is 2.09. The molecule has 2 rings (SSSR count). The van der Waals surface area contributed by atoms with E-state index >= 15 is 0 Å². The zero-order valence-corrected chi connectivity index (χ0v) is 19.5. The Labute approximate surface area is 180 Å². The minimum Gasteiger partial charge on any atom is -0.357 e. The Bertz CT molecular complexity index is 726. The number of nitrogens with one attached hydrogen (secondary N) is 2. The number of hydrogen-bond donors (Lipinski definition) is 2. The van der Waals surface area contributed by atoms with Crippen LogP contribution >= 0.6 is 58.5 Å². The van der Waals surface area contributed by atoms with E-state index in [9.17, 15) is 0 Å². The molecule has 2 aromatic heterocycles. The quantitative estimate of drug-likeness (QED) is 0.342. The number of nitrogens with zero attached hydrogens (tertiary/aromatic N) is 3. The molecule has 0 bridgehead atoms. The van der Waals surface area contributed by atoms with Crippen LogP contribution in [0.15, 0.2) is 11.1 Å². The Balaban J connectivity index is 0.00000312. The standard InChI is InChI=1S/C16H23Cl2N5S.HI/c1-5-19-16(20-7-6-14-10(2)22-11(3)24-14)21-9-12-8-13(17)15(18)23(12)4;/h8H,5-7,9H2,1-4H3,(H2,19,20,21);1H. The lowest BCUT2D eigenvalue weighted by Crippen LogP contribution is -2.38. The lowest BCUT2D eigenvalue weighted by atomic mass is 10.3. The van der Waals surface area contributed by atoms with E-state index in [0.717, 1.165) is 41.9 Å². The van der Waals surface area contributed by atoms with Crippen LogP contribution in [0.1, 0.15) is 28.2 Å². The molecule has 0 saturated heterocycles. The van der Waals surface area contributed by atoms with Gasteiger partial charge in [-0.1, -0.05) is 23.2 Å². The molecule has 0 aliphatic carbocycles. The first-order chi connectivity index (χ1) is 11.4. The first-order valence-corrected chi connectivity index (χ1v) is 9.44. The molecule has 25 heavy (non-hydrogen) atoms. The molecule has 0 amide bonds. The highest BCUT2D eigenvalue weighted by molar-refractivity contribution is 14.0. The van der Waals surface area contributed by atoms with Crippen molar-refractivity contribution in [2.45, 2.75) is 33.7 Å². The summed E-state index contributed by atoms with van der Waals surface area (Å²) in [6, 6.07) is 1.85. The number of aromatic nitrogens is 2. The van der Waals surface area contributed by atoms with Crippen LogP contribution in [0, 0.1) is 13.8 Å². The van der Waals surface area contributed by atoms with Crippen LogP contribution in [0.2, 0.25) is 10.2 Å². The average molecular weight is 516 g/mol. The van der Waals surface area contributed by atoms with Crippen LogP contribution < -0.4 is 10.6 Å². The number of halogens is 3. The van der Waals surface area contributed by atoms with Gasteiger partial charge < -0.3 is 15.2 Å². The second-order valence-corrected chi connectivity index (χ2v) is 7.50. The lowest BCUT2D eigenvalue weighted by molar-refractivity contribution is 0.781. The number of rotatable bonds is 6. The van der Waals surface area contributed by atoms with Crippen LogP contribution in [0.4, 0.5) is 0 Å². The summed E-state index contributed by atoms with van der Waals surface area (Å²) in [5.74, 6) is 0.782. The molecule has 2 N–H and O–H groups in total. The maximum absolute atomic E-state index is 6.09. The van der Waals surface area contributed by atoms with Crippen molar-refractivity contribution < 1.29 is 0 Å². The fourth-order valence-corrected chi connectivity index (χ4v) is 3.69. The molecule has 0 aliphatic heterocycles. The van der Waals surface area contributed by atoms with E-state index in [-0.39, 0.29) is 24.0 Å². The highest BCUT2D eigenvalue weighted by atomic mass is 127. The number of aryl methyl sites for hydroxylation is 2. The Morgan fingerprint density at radius 1 is 1.32 bits per heavy atom. The summed E-state index contributed by atoms with van der Waals surface area (Å²) in [5, 5.41) is 8.81. The average Bonchev–Trinajstić information content (AvgIpc) is 2.98. The Morgan fingerprint density at radius 2 is 2.04 bits per heavy atom. The molecular formula is C16H24Cl2IN5S. The SMILES string of the molecule is CCNC(=NCc1cc(Cl)c(Cl)n1C)NCCc1sc(C)nc1C.I. The summed E-state index contributed by atoms with van der Waals surface area (Å²) in [6.45, 7) is 8.26. The molecule has 0 fully saturated rings. The smallest absolute Gasteiger partial charge is 0.191 e. The van der Waals surface area contributed by atoms with E-state index in [1.54, 1.807) is 11.3 Å². The maximum atomic E-state index is 6.09. The molecule has 2 aromatic rings. The van der Waals surface area contributed by atoms with Crippen molar-refractivity contribution >= 4 is 64.5 Å². The van der Waals surface area contributed by atoms with Gasteiger partial charge >= 0.3 is 0 Å². The van der Waals surface area contributed by atoms with Gasteiger partial charge in [-0.2, -0.15) is 0 Å². The van der Waals surface area contributed by atoms with E-state index in [0.29, 0.717) is 16.7 Å². The third-order valence-corrected chi connectivity index (χ3v) is 5.58. The monoisotopic (exact) mass is 515 g/mol. The maximum Gasteiger partial charge on any atom is 0.191 e. The van der Waals surface area contributed by atoms with Crippen molar-refractivity contribution in [3.05, 3.63) is 37.5 Å². The predicted molar refractivity (Wildman–Crippen MR) is 119 cm³/mol. The molecule has 0 aromatic carbocycles. The number of thiazole rings is 1. The van der Waals surface area contributed by atoms with Crippen LogP contribution in [-0.2, 0) is 20.0 Å². The van der Waals surface area contributed by atoms with Gasteiger partial charge in [0, 0.05) is 37.1 Å². The second kappa shape index (κ2) is 10.6. The van der Waals surface area contributed by atoms with Crippen LogP contribution in [0.25, 0.3) is 0 Å². The molecule has 0 atom stereocenters. The van der Waals surface area contributed by atoms with Crippen molar-refractivity contribution in [3.63, 3.8) is 0 Å². The first-order valence-electron chi connectivity index (χ1n) is 7.87. The minimum absolute atomic E-state index is 0. The Hall–Kier alpha value is -0.510. The highest BCUT2D eigenvalue weighted by Crippen LogP contribution is 2.25.